The first kappa shape index (κ1) is 14.8. The number of fused-ring (bicyclic) bond motifs is 3. The zero-order chi connectivity index (χ0) is 24.4. The third-order valence-corrected chi connectivity index (χ3v) is 6.14. The topological polar surface area (TPSA) is 38.7 Å². The second-order valence-corrected chi connectivity index (χ2v) is 9.39. The molecule has 3 nitrogen and oxygen atoms in total. The van der Waals surface area contributed by atoms with E-state index in [2.05, 4.69) is 23.2 Å². The Labute approximate surface area is 186 Å². The van der Waals surface area contributed by atoms with Crippen molar-refractivity contribution in [2.45, 2.75) is 33.1 Å². The average Bonchev–Trinajstić information content (AvgIpc) is 3.20. The van der Waals surface area contributed by atoms with E-state index in [0.717, 1.165) is 15.6 Å². The maximum absolute atomic E-state index is 8.53. The fourth-order valence-electron chi connectivity index (χ4n) is 3.35. The Morgan fingerprint density at radius 2 is 1.50 bits per heavy atom. The van der Waals surface area contributed by atoms with Gasteiger partial charge in [-0.2, -0.15) is 0 Å². The zero-order valence-corrected chi connectivity index (χ0v) is 18.1. The van der Waals surface area contributed by atoms with Gasteiger partial charge in [-0.3, -0.25) is 0 Å². The highest BCUT2D eigenvalue weighted by Gasteiger charge is 2.22. The monoisotopic (exact) mass is 413 g/mol. The molecule has 2 heterocycles. The van der Waals surface area contributed by atoms with E-state index >= 15 is 0 Å². The highest BCUT2D eigenvalue weighted by Crippen LogP contribution is 2.39. The predicted octanol–water partition coefficient (Wildman–Crippen LogP) is 7.18. The maximum atomic E-state index is 8.53. The summed E-state index contributed by atoms with van der Waals surface area (Å²) < 4.78 is 35.8. The molecule has 3 aromatic carbocycles. The average molecular weight is 414 g/mol. The van der Waals surface area contributed by atoms with Crippen molar-refractivity contribution >= 4 is 31.5 Å². The normalized spacial score (nSPS) is 13.9. The molecule has 0 saturated heterocycles. The molecule has 0 aliphatic rings. The summed E-state index contributed by atoms with van der Waals surface area (Å²) in [4.78, 5) is 14.2. The second-order valence-electron chi connectivity index (χ2n) is 8.34. The van der Waals surface area contributed by atoms with Crippen LogP contribution in [-0.4, -0.2) is 15.0 Å². The third kappa shape index (κ3) is 3.27. The summed E-state index contributed by atoms with van der Waals surface area (Å²) in [5.74, 6) is 1.15. The predicted molar refractivity (Wildman–Crippen MR) is 127 cm³/mol. The highest BCUT2D eigenvalue weighted by atomic mass is 32.1. The molecular formula is C26H23N3S. The van der Waals surface area contributed by atoms with Gasteiger partial charge >= 0.3 is 0 Å². The van der Waals surface area contributed by atoms with Gasteiger partial charge in [0.2, 0.25) is 0 Å². The Morgan fingerprint density at radius 1 is 0.800 bits per heavy atom. The lowest BCUT2D eigenvalue weighted by Gasteiger charge is -2.18. The summed E-state index contributed by atoms with van der Waals surface area (Å²) in [6.07, 6.45) is 0. The first-order chi connectivity index (χ1) is 16.1. The molecule has 30 heavy (non-hydrogen) atoms. The van der Waals surface area contributed by atoms with Crippen LogP contribution in [0.4, 0.5) is 0 Å². The molecular weight excluding hydrogens is 386 g/mol. The lowest BCUT2D eigenvalue weighted by molar-refractivity contribution is 0.543. The van der Waals surface area contributed by atoms with Crippen molar-refractivity contribution in [3.63, 3.8) is 0 Å². The number of rotatable bonds is 2. The lowest BCUT2D eigenvalue weighted by atomic mass is 9.95. The molecule has 0 atom stereocenters. The molecule has 5 aromatic rings. The molecule has 4 heteroatoms. The van der Waals surface area contributed by atoms with Crippen LogP contribution >= 0.6 is 11.3 Å². The first-order valence-corrected chi connectivity index (χ1v) is 10.6. The van der Waals surface area contributed by atoms with Crippen LogP contribution < -0.4 is 0 Å². The van der Waals surface area contributed by atoms with Crippen molar-refractivity contribution in [2.24, 2.45) is 0 Å². The molecule has 5 rings (SSSR count). The summed E-state index contributed by atoms with van der Waals surface area (Å²) >= 11 is 1.68. The summed E-state index contributed by atoms with van der Waals surface area (Å²) in [5.41, 5.74) is 0.844. The first-order valence-electron chi connectivity index (χ1n) is 11.8. The van der Waals surface area contributed by atoms with Gasteiger partial charge in [0.15, 0.2) is 11.6 Å². The Morgan fingerprint density at radius 3 is 2.27 bits per heavy atom. The van der Waals surface area contributed by atoms with E-state index in [1.54, 1.807) is 18.3 Å². The number of aromatic nitrogens is 3. The molecule has 0 saturated carbocycles. The summed E-state index contributed by atoms with van der Waals surface area (Å²) in [6, 6.07) is 13.9. The second kappa shape index (κ2) is 6.99. The maximum Gasteiger partial charge on any atom is 0.165 e. The Bertz CT molecular complexity index is 1570. The molecule has 0 aliphatic heterocycles. The largest absolute Gasteiger partial charge is 0.212 e. The minimum atomic E-state index is -0.414. The van der Waals surface area contributed by atoms with E-state index in [1.807, 2.05) is 45.0 Å². The van der Waals surface area contributed by atoms with Crippen LogP contribution in [0.15, 0.2) is 66.6 Å². The van der Waals surface area contributed by atoms with Crippen molar-refractivity contribution in [1.82, 2.24) is 15.0 Å². The van der Waals surface area contributed by atoms with Crippen molar-refractivity contribution in [3.8, 4) is 22.8 Å². The van der Waals surface area contributed by atoms with Crippen LogP contribution in [0.1, 0.15) is 37.6 Å². The van der Waals surface area contributed by atoms with Crippen molar-refractivity contribution in [2.75, 3.05) is 0 Å². The smallest absolute Gasteiger partial charge is 0.165 e. The molecule has 0 N–H and O–H groups in total. The number of hydrogen-bond acceptors (Lipinski definition) is 4. The minimum Gasteiger partial charge on any atom is -0.212 e. The summed E-state index contributed by atoms with van der Waals surface area (Å²) in [5, 5.41) is 2.30. The Hall–Kier alpha value is -3.11. The van der Waals surface area contributed by atoms with Gasteiger partial charge in [0.1, 0.15) is 5.82 Å². The summed E-state index contributed by atoms with van der Waals surface area (Å²) in [7, 11) is 0. The van der Waals surface area contributed by atoms with Gasteiger partial charge in [0.05, 0.1) is 5.48 Å². The van der Waals surface area contributed by atoms with Gasteiger partial charge in [-0.05, 0) is 19.1 Å². The van der Waals surface area contributed by atoms with Crippen LogP contribution in [0.3, 0.4) is 0 Å². The van der Waals surface area contributed by atoms with Gasteiger partial charge in [-0.1, -0.05) is 80.8 Å². The van der Waals surface area contributed by atoms with Crippen LogP contribution in [0.2, 0.25) is 0 Å². The fraction of sp³-hybridized carbons (Fsp3) is 0.192. The van der Waals surface area contributed by atoms with Gasteiger partial charge < -0.3 is 0 Å². The van der Waals surface area contributed by atoms with E-state index in [1.165, 1.54) is 10.1 Å². The van der Waals surface area contributed by atoms with E-state index < -0.39 is 5.41 Å². The van der Waals surface area contributed by atoms with E-state index in [0.29, 0.717) is 17.2 Å². The van der Waals surface area contributed by atoms with Crippen LogP contribution in [-0.2, 0) is 5.41 Å². The standard InChI is InChI=1S/C26H23N3S/c1-16-12-14-17(15-13-16)23-27-24(29-25(28-23)26(2,3)4)20-10-7-9-19-18-8-5-6-11-21(18)30-22(19)20/h5-15H,1-4H3/i12D,13D,14D,15D. The van der Waals surface area contributed by atoms with Gasteiger partial charge in [0.25, 0.3) is 0 Å². The molecule has 0 spiro atoms. The summed E-state index contributed by atoms with van der Waals surface area (Å²) in [6.45, 7) is 7.59. The molecule has 2 aromatic heterocycles. The minimum absolute atomic E-state index is 0.0816. The SMILES string of the molecule is [2H]c1c([2H])c(-c2nc(-c3cccc4c3sc3ccccc34)nc(C(C)(C)C)n2)c([2H])c([2H])c1C. The van der Waals surface area contributed by atoms with Crippen molar-refractivity contribution in [1.29, 1.82) is 0 Å². The lowest BCUT2D eigenvalue weighted by Crippen LogP contribution is -2.18. The quantitative estimate of drug-likeness (QED) is 0.308. The molecule has 0 amide bonds. The molecule has 0 unspecified atom stereocenters. The zero-order valence-electron chi connectivity index (χ0n) is 21.3. The van der Waals surface area contributed by atoms with E-state index in [-0.39, 0.29) is 35.6 Å². The number of hydrogen-bond donors (Lipinski definition) is 0. The molecule has 0 aliphatic carbocycles. The highest BCUT2D eigenvalue weighted by molar-refractivity contribution is 7.26. The number of benzene rings is 3. The van der Waals surface area contributed by atoms with Crippen LogP contribution in [0.25, 0.3) is 42.9 Å². The number of thiophene rings is 1. The van der Waals surface area contributed by atoms with Gasteiger partial charge in [-0.25, -0.2) is 15.0 Å². The number of nitrogens with zero attached hydrogens (tertiary/aromatic N) is 3. The van der Waals surface area contributed by atoms with Crippen molar-refractivity contribution in [3.05, 3.63) is 78.0 Å². The molecule has 0 bridgehead atoms. The van der Waals surface area contributed by atoms with E-state index in [4.69, 9.17) is 15.5 Å². The van der Waals surface area contributed by atoms with E-state index in [9.17, 15) is 0 Å². The van der Waals surface area contributed by atoms with Gasteiger partial charge in [0, 0.05) is 36.7 Å². The fourth-order valence-corrected chi connectivity index (χ4v) is 4.57. The van der Waals surface area contributed by atoms with Gasteiger partial charge in [-0.15, -0.1) is 11.3 Å². The molecule has 148 valence electrons. The molecule has 0 radical (unpaired) electrons. The Balaban J connectivity index is 1.85. The molecule has 0 fully saturated rings. The third-order valence-electron chi connectivity index (χ3n) is 4.93. The van der Waals surface area contributed by atoms with Crippen LogP contribution in [0.5, 0.6) is 0 Å². The Kier molecular flexibility index (Phi) is 3.45. The van der Waals surface area contributed by atoms with Crippen molar-refractivity contribution < 1.29 is 5.48 Å². The van der Waals surface area contributed by atoms with Crippen LogP contribution in [0, 0.1) is 6.92 Å².